The summed E-state index contributed by atoms with van der Waals surface area (Å²) in [4.78, 5) is 5.60. The van der Waals surface area contributed by atoms with Gasteiger partial charge in [-0.25, -0.2) is 0 Å². The summed E-state index contributed by atoms with van der Waals surface area (Å²) in [6.07, 6.45) is 8.62. The van der Waals surface area contributed by atoms with Crippen LogP contribution in [0.2, 0.25) is 0 Å². The molecule has 0 aromatic heterocycles. The van der Waals surface area contributed by atoms with E-state index in [1.807, 2.05) is 0 Å². The van der Waals surface area contributed by atoms with Gasteiger partial charge >= 0.3 is 0 Å². The summed E-state index contributed by atoms with van der Waals surface area (Å²) < 4.78 is 0. The summed E-state index contributed by atoms with van der Waals surface area (Å²) in [6, 6.07) is 2.39. The Morgan fingerprint density at radius 1 is 0.950 bits per heavy atom. The first kappa shape index (κ1) is 14.8. The predicted octanol–water partition coefficient (Wildman–Crippen LogP) is 2.32. The Kier molecular flexibility index (Phi) is 5.00. The number of nitrogens with zero attached hydrogens (tertiary/aromatic N) is 2. The van der Waals surface area contributed by atoms with Crippen LogP contribution in [0.1, 0.15) is 52.4 Å². The van der Waals surface area contributed by atoms with E-state index in [-0.39, 0.29) is 0 Å². The van der Waals surface area contributed by atoms with E-state index in [4.69, 9.17) is 0 Å². The van der Waals surface area contributed by atoms with Crippen molar-refractivity contribution in [3.05, 3.63) is 0 Å². The van der Waals surface area contributed by atoms with Gasteiger partial charge in [-0.1, -0.05) is 20.3 Å². The molecule has 1 N–H and O–H groups in total. The van der Waals surface area contributed by atoms with Gasteiger partial charge in [0.15, 0.2) is 0 Å². The van der Waals surface area contributed by atoms with Crippen LogP contribution < -0.4 is 5.32 Å². The zero-order valence-electron chi connectivity index (χ0n) is 13.5. The molecule has 0 amide bonds. The Morgan fingerprint density at radius 2 is 1.75 bits per heavy atom. The quantitative estimate of drug-likeness (QED) is 0.833. The van der Waals surface area contributed by atoms with Gasteiger partial charge in [-0.3, -0.25) is 9.80 Å². The van der Waals surface area contributed by atoms with Gasteiger partial charge in [0.2, 0.25) is 0 Å². The average Bonchev–Trinajstić information content (AvgIpc) is 2.87. The number of rotatable bonds is 5. The molecule has 3 aliphatic rings. The number of hydrogen-bond donors (Lipinski definition) is 1. The molecule has 3 unspecified atom stereocenters. The molecule has 2 saturated heterocycles. The molecule has 0 aromatic rings. The molecular formula is C17H33N3. The first-order valence-corrected chi connectivity index (χ1v) is 8.95. The molecular weight excluding hydrogens is 246 g/mol. The molecule has 1 aliphatic carbocycles. The van der Waals surface area contributed by atoms with Crippen molar-refractivity contribution in [2.45, 2.75) is 70.5 Å². The molecule has 3 atom stereocenters. The Bertz CT molecular complexity index is 299. The van der Waals surface area contributed by atoms with Gasteiger partial charge in [-0.05, 0) is 57.7 Å². The van der Waals surface area contributed by atoms with Crippen LogP contribution in [0.25, 0.3) is 0 Å². The van der Waals surface area contributed by atoms with Crippen molar-refractivity contribution in [2.24, 2.45) is 5.92 Å². The van der Waals surface area contributed by atoms with E-state index in [2.05, 4.69) is 29.0 Å². The van der Waals surface area contributed by atoms with Crippen molar-refractivity contribution in [3.63, 3.8) is 0 Å². The molecule has 3 nitrogen and oxygen atoms in total. The largest absolute Gasteiger partial charge is 0.314 e. The second-order valence-electron chi connectivity index (χ2n) is 7.50. The fourth-order valence-electron chi connectivity index (χ4n) is 4.31. The molecule has 3 rings (SSSR count). The lowest BCUT2D eigenvalue weighted by molar-refractivity contribution is 0.0698. The summed E-state index contributed by atoms with van der Waals surface area (Å²) in [5.74, 6) is 0.914. The Labute approximate surface area is 125 Å². The van der Waals surface area contributed by atoms with Crippen molar-refractivity contribution in [1.82, 2.24) is 15.1 Å². The summed E-state index contributed by atoms with van der Waals surface area (Å²) in [5, 5.41) is 3.64. The van der Waals surface area contributed by atoms with Crippen LogP contribution in [0.4, 0.5) is 0 Å². The van der Waals surface area contributed by atoms with Crippen LogP contribution in [0.5, 0.6) is 0 Å². The molecule has 0 radical (unpaired) electrons. The van der Waals surface area contributed by atoms with Crippen LogP contribution in [-0.4, -0.2) is 60.6 Å². The molecule has 20 heavy (non-hydrogen) atoms. The molecule has 2 heterocycles. The van der Waals surface area contributed by atoms with Gasteiger partial charge in [-0.15, -0.1) is 0 Å². The van der Waals surface area contributed by atoms with Crippen LogP contribution in [0.3, 0.4) is 0 Å². The third kappa shape index (κ3) is 3.37. The molecule has 3 heteroatoms. The summed E-state index contributed by atoms with van der Waals surface area (Å²) >= 11 is 0. The smallest absolute Gasteiger partial charge is 0.0235 e. The van der Waals surface area contributed by atoms with E-state index < -0.39 is 0 Å². The third-order valence-electron chi connectivity index (χ3n) is 5.74. The lowest BCUT2D eigenvalue weighted by atomic mass is 9.78. The number of likely N-dealkylation sites (tertiary alicyclic amines) is 2. The van der Waals surface area contributed by atoms with Gasteiger partial charge in [-0.2, -0.15) is 0 Å². The van der Waals surface area contributed by atoms with Gasteiger partial charge < -0.3 is 5.32 Å². The van der Waals surface area contributed by atoms with Gasteiger partial charge in [0.25, 0.3) is 0 Å². The predicted molar refractivity (Wildman–Crippen MR) is 85.1 cm³/mol. The first-order valence-electron chi connectivity index (χ1n) is 8.95. The summed E-state index contributed by atoms with van der Waals surface area (Å²) in [7, 11) is 0. The average molecular weight is 279 g/mol. The Hall–Kier alpha value is -0.120. The lowest BCUT2D eigenvalue weighted by Crippen LogP contribution is -2.51. The molecule has 1 saturated carbocycles. The van der Waals surface area contributed by atoms with Crippen molar-refractivity contribution in [1.29, 1.82) is 0 Å². The minimum Gasteiger partial charge on any atom is -0.314 e. The fraction of sp³-hybridized carbons (Fsp3) is 1.00. The molecule has 0 aromatic carbocycles. The highest BCUT2D eigenvalue weighted by Crippen LogP contribution is 2.35. The van der Waals surface area contributed by atoms with Crippen LogP contribution in [0.15, 0.2) is 0 Å². The van der Waals surface area contributed by atoms with Gasteiger partial charge in [0.1, 0.15) is 0 Å². The zero-order valence-corrected chi connectivity index (χ0v) is 13.5. The van der Waals surface area contributed by atoms with Crippen molar-refractivity contribution in [2.75, 3.05) is 32.7 Å². The second kappa shape index (κ2) is 6.76. The first-order chi connectivity index (χ1) is 9.74. The summed E-state index contributed by atoms with van der Waals surface area (Å²) in [6.45, 7) is 11.2. The summed E-state index contributed by atoms with van der Waals surface area (Å²) in [5.41, 5.74) is 0. The van der Waals surface area contributed by atoms with Gasteiger partial charge in [0.05, 0.1) is 0 Å². The molecule has 0 bridgehead atoms. The number of nitrogens with one attached hydrogen (secondary N) is 1. The molecule has 0 spiro atoms. The standard InChI is InChI=1S/C17H33N3/c1-14(2)18-12-15-6-7-17(15)20-11-8-16(13-20)19-9-4-3-5-10-19/h14-18H,3-13H2,1-2H3. The van der Waals surface area contributed by atoms with Crippen LogP contribution in [-0.2, 0) is 0 Å². The highest BCUT2D eigenvalue weighted by Gasteiger charge is 2.39. The van der Waals surface area contributed by atoms with E-state index in [1.165, 1.54) is 71.2 Å². The van der Waals surface area contributed by atoms with Crippen molar-refractivity contribution >= 4 is 0 Å². The molecule has 3 fully saturated rings. The van der Waals surface area contributed by atoms with E-state index in [1.54, 1.807) is 0 Å². The third-order valence-corrected chi connectivity index (χ3v) is 5.74. The van der Waals surface area contributed by atoms with Gasteiger partial charge in [0, 0.05) is 31.2 Å². The highest BCUT2D eigenvalue weighted by atomic mass is 15.3. The van der Waals surface area contributed by atoms with E-state index in [9.17, 15) is 0 Å². The second-order valence-corrected chi connectivity index (χ2v) is 7.50. The normalized spacial score (nSPS) is 36.5. The van der Waals surface area contributed by atoms with Crippen LogP contribution >= 0.6 is 0 Å². The number of piperidine rings is 1. The Balaban J connectivity index is 1.45. The van der Waals surface area contributed by atoms with E-state index >= 15 is 0 Å². The lowest BCUT2D eigenvalue weighted by Gasteiger charge is -2.44. The van der Waals surface area contributed by atoms with Crippen molar-refractivity contribution in [3.8, 4) is 0 Å². The molecule has 2 aliphatic heterocycles. The highest BCUT2D eigenvalue weighted by molar-refractivity contribution is 4.95. The minimum atomic E-state index is 0.635. The molecule has 116 valence electrons. The fourth-order valence-corrected chi connectivity index (χ4v) is 4.31. The monoisotopic (exact) mass is 279 g/mol. The van der Waals surface area contributed by atoms with E-state index in [0.717, 1.165) is 18.0 Å². The maximum atomic E-state index is 3.64. The van der Waals surface area contributed by atoms with Crippen molar-refractivity contribution < 1.29 is 0 Å². The number of hydrogen-bond acceptors (Lipinski definition) is 3. The zero-order chi connectivity index (χ0) is 13.9. The maximum Gasteiger partial charge on any atom is 0.0235 e. The Morgan fingerprint density at radius 3 is 2.40 bits per heavy atom. The minimum absolute atomic E-state index is 0.635. The topological polar surface area (TPSA) is 18.5 Å². The van der Waals surface area contributed by atoms with Crippen LogP contribution in [0, 0.1) is 5.92 Å². The SMILES string of the molecule is CC(C)NCC1CCC1N1CCC(N2CCCCC2)C1. The maximum absolute atomic E-state index is 3.64. The van der Waals surface area contributed by atoms with E-state index in [0.29, 0.717) is 6.04 Å².